The zero-order chi connectivity index (χ0) is 21.6. The molecule has 1 fully saturated rings. The number of benzene rings is 2. The van der Waals surface area contributed by atoms with Crippen molar-refractivity contribution >= 4 is 22.6 Å². The first kappa shape index (κ1) is 21.0. The number of hydrogen-bond donors (Lipinski definition) is 0. The summed E-state index contributed by atoms with van der Waals surface area (Å²) in [4.78, 5) is 32.3. The Morgan fingerprint density at radius 1 is 1.03 bits per heavy atom. The lowest BCUT2D eigenvalue weighted by Gasteiger charge is -2.34. The van der Waals surface area contributed by atoms with Gasteiger partial charge in [0.25, 0.3) is 5.89 Å². The van der Waals surface area contributed by atoms with E-state index in [4.69, 9.17) is 9.26 Å². The van der Waals surface area contributed by atoms with Crippen LogP contribution < -0.4 is 0 Å². The largest absolute Gasteiger partial charge is 0.466 e. The molecule has 8 nitrogen and oxygen atoms in total. The quantitative estimate of drug-likeness (QED) is 0.541. The van der Waals surface area contributed by atoms with E-state index in [0.29, 0.717) is 38.0 Å². The summed E-state index contributed by atoms with van der Waals surface area (Å²) >= 11 is 0. The first-order valence-electron chi connectivity index (χ1n) is 10.6. The highest BCUT2D eigenvalue weighted by molar-refractivity contribution is 5.94. The molecule has 0 saturated carbocycles. The molecule has 8 heteroatoms. The van der Waals surface area contributed by atoms with Gasteiger partial charge < -0.3 is 14.2 Å². The molecule has 2 aromatic carbocycles. The number of carbonyl (C=O) groups excluding carboxylic acids is 2. The van der Waals surface area contributed by atoms with Crippen LogP contribution in [0.1, 0.15) is 25.6 Å². The molecule has 162 valence electrons. The summed E-state index contributed by atoms with van der Waals surface area (Å²) in [5.74, 6) is 0.809. The lowest BCUT2D eigenvalue weighted by atomic mass is 10.0. The molecule has 0 atom stereocenters. The standard InChI is InChI=1S/C23H26N4O4/c1-2-30-22(29)11-10-21(28)27-14-12-26(13-15-27)16-20-24-23(31-25-20)19-9-5-7-17-6-3-4-8-18(17)19/h3-9H,2,10-16H2,1H3. The van der Waals surface area contributed by atoms with Crippen LogP contribution in [0.2, 0.25) is 0 Å². The van der Waals surface area contributed by atoms with E-state index in [1.165, 1.54) is 0 Å². The van der Waals surface area contributed by atoms with Gasteiger partial charge in [-0.3, -0.25) is 14.5 Å². The molecule has 3 aromatic rings. The molecule has 0 bridgehead atoms. The van der Waals surface area contributed by atoms with E-state index in [1.807, 2.05) is 30.3 Å². The Morgan fingerprint density at radius 3 is 2.61 bits per heavy atom. The predicted molar refractivity (Wildman–Crippen MR) is 115 cm³/mol. The van der Waals surface area contributed by atoms with Gasteiger partial charge >= 0.3 is 5.97 Å². The molecule has 1 amide bonds. The minimum Gasteiger partial charge on any atom is -0.466 e. The van der Waals surface area contributed by atoms with Gasteiger partial charge in [-0.05, 0) is 23.8 Å². The van der Waals surface area contributed by atoms with E-state index in [1.54, 1.807) is 11.8 Å². The van der Waals surface area contributed by atoms with Crippen LogP contribution in [0.5, 0.6) is 0 Å². The van der Waals surface area contributed by atoms with Crippen molar-refractivity contribution in [2.24, 2.45) is 0 Å². The molecule has 0 radical (unpaired) electrons. The fraction of sp³-hybridized carbons (Fsp3) is 0.391. The third kappa shape index (κ3) is 5.08. The Kier molecular flexibility index (Phi) is 6.57. The van der Waals surface area contributed by atoms with Gasteiger partial charge in [-0.1, -0.05) is 41.6 Å². The molecule has 0 spiro atoms. The smallest absolute Gasteiger partial charge is 0.306 e. The second-order valence-electron chi connectivity index (χ2n) is 7.50. The van der Waals surface area contributed by atoms with Crippen molar-refractivity contribution in [2.75, 3.05) is 32.8 Å². The zero-order valence-corrected chi connectivity index (χ0v) is 17.6. The van der Waals surface area contributed by atoms with Crippen LogP contribution in [0.15, 0.2) is 47.0 Å². The Morgan fingerprint density at radius 2 is 1.81 bits per heavy atom. The van der Waals surface area contributed by atoms with Gasteiger partial charge in [0.15, 0.2) is 5.82 Å². The number of nitrogens with zero attached hydrogens (tertiary/aromatic N) is 4. The summed E-state index contributed by atoms with van der Waals surface area (Å²) < 4.78 is 10.4. The number of hydrogen-bond acceptors (Lipinski definition) is 7. The van der Waals surface area contributed by atoms with E-state index in [2.05, 4.69) is 27.2 Å². The number of esters is 1. The van der Waals surface area contributed by atoms with Crippen LogP contribution in [-0.4, -0.2) is 64.6 Å². The monoisotopic (exact) mass is 422 g/mol. The van der Waals surface area contributed by atoms with E-state index in [-0.39, 0.29) is 24.7 Å². The van der Waals surface area contributed by atoms with Gasteiger partial charge in [0.05, 0.1) is 19.6 Å². The maximum absolute atomic E-state index is 12.3. The van der Waals surface area contributed by atoms with Crippen LogP contribution in [-0.2, 0) is 20.9 Å². The number of ether oxygens (including phenoxy) is 1. The number of carbonyl (C=O) groups is 2. The van der Waals surface area contributed by atoms with Gasteiger partial charge in [0.1, 0.15) is 0 Å². The Hall–Kier alpha value is -3.26. The van der Waals surface area contributed by atoms with E-state index < -0.39 is 0 Å². The maximum Gasteiger partial charge on any atom is 0.306 e. The molecule has 1 aromatic heterocycles. The van der Waals surface area contributed by atoms with Crippen LogP contribution in [0.25, 0.3) is 22.2 Å². The zero-order valence-electron chi connectivity index (χ0n) is 17.6. The molecule has 1 aliphatic heterocycles. The van der Waals surface area contributed by atoms with Crippen molar-refractivity contribution in [1.29, 1.82) is 0 Å². The summed E-state index contributed by atoms with van der Waals surface area (Å²) in [5.41, 5.74) is 0.925. The molecule has 1 saturated heterocycles. The van der Waals surface area contributed by atoms with Crippen molar-refractivity contribution in [2.45, 2.75) is 26.3 Å². The predicted octanol–water partition coefficient (Wildman–Crippen LogP) is 2.88. The van der Waals surface area contributed by atoms with E-state index in [0.717, 1.165) is 29.4 Å². The summed E-state index contributed by atoms with van der Waals surface area (Å²) in [6, 6.07) is 14.1. The van der Waals surface area contributed by atoms with Crippen molar-refractivity contribution in [3.8, 4) is 11.5 Å². The average Bonchev–Trinajstić information content (AvgIpc) is 3.26. The number of rotatable bonds is 7. The van der Waals surface area contributed by atoms with Gasteiger partial charge in [0.2, 0.25) is 5.91 Å². The number of aromatic nitrogens is 2. The minimum atomic E-state index is -0.325. The average molecular weight is 422 g/mol. The minimum absolute atomic E-state index is 0.00879. The van der Waals surface area contributed by atoms with Crippen molar-refractivity contribution in [3.05, 3.63) is 48.3 Å². The van der Waals surface area contributed by atoms with Crippen molar-refractivity contribution < 1.29 is 18.8 Å². The van der Waals surface area contributed by atoms with Crippen LogP contribution in [0.4, 0.5) is 0 Å². The summed E-state index contributed by atoms with van der Waals surface area (Å²) in [5, 5.41) is 6.36. The Balaban J connectivity index is 1.31. The molecule has 4 rings (SSSR count). The van der Waals surface area contributed by atoms with Crippen LogP contribution >= 0.6 is 0 Å². The van der Waals surface area contributed by atoms with Crippen molar-refractivity contribution in [1.82, 2.24) is 19.9 Å². The first-order valence-corrected chi connectivity index (χ1v) is 10.6. The lowest BCUT2D eigenvalue weighted by Crippen LogP contribution is -2.48. The van der Waals surface area contributed by atoms with E-state index >= 15 is 0 Å². The number of amides is 1. The number of piperazine rings is 1. The normalized spacial score (nSPS) is 14.7. The second kappa shape index (κ2) is 9.70. The van der Waals surface area contributed by atoms with E-state index in [9.17, 15) is 9.59 Å². The molecular formula is C23H26N4O4. The molecule has 0 unspecified atom stereocenters. The first-order chi connectivity index (χ1) is 15.1. The summed E-state index contributed by atoms with van der Waals surface area (Å²) in [6.45, 7) is 5.36. The van der Waals surface area contributed by atoms with Crippen molar-refractivity contribution in [3.63, 3.8) is 0 Å². The maximum atomic E-state index is 12.3. The highest BCUT2D eigenvalue weighted by atomic mass is 16.5. The summed E-state index contributed by atoms with van der Waals surface area (Å²) in [7, 11) is 0. The fourth-order valence-electron chi connectivity index (χ4n) is 3.80. The number of fused-ring (bicyclic) bond motifs is 1. The molecule has 0 N–H and O–H groups in total. The molecule has 2 heterocycles. The highest BCUT2D eigenvalue weighted by Crippen LogP contribution is 2.27. The van der Waals surface area contributed by atoms with Crippen LogP contribution in [0.3, 0.4) is 0 Å². The lowest BCUT2D eigenvalue weighted by molar-refractivity contribution is -0.146. The van der Waals surface area contributed by atoms with Crippen LogP contribution in [0, 0.1) is 0 Å². The van der Waals surface area contributed by atoms with Gasteiger partial charge in [-0.2, -0.15) is 4.98 Å². The third-order valence-electron chi connectivity index (χ3n) is 5.43. The fourth-order valence-corrected chi connectivity index (χ4v) is 3.80. The summed E-state index contributed by atoms with van der Waals surface area (Å²) in [6.07, 6.45) is 0.324. The molecule has 0 aliphatic carbocycles. The highest BCUT2D eigenvalue weighted by Gasteiger charge is 2.23. The Bertz CT molecular complexity index is 1050. The second-order valence-corrected chi connectivity index (χ2v) is 7.50. The molecule has 31 heavy (non-hydrogen) atoms. The topological polar surface area (TPSA) is 88.8 Å². The third-order valence-corrected chi connectivity index (χ3v) is 5.43. The molecule has 1 aliphatic rings. The van der Waals surface area contributed by atoms with Gasteiger partial charge in [-0.25, -0.2) is 0 Å². The SMILES string of the molecule is CCOC(=O)CCC(=O)N1CCN(Cc2noc(-c3cccc4ccccc34)n2)CC1. The molecular weight excluding hydrogens is 396 g/mol. The van der Waals surface area contributed by atoms with Gasteiger partial charge in [0, 0.05) is 38.2 Å². The van der Waals surface area contributed by atoms with Gasteiger partial charge in [-0.15, -0.1) is 0 Å². The Labute approximate surface area is 180 Å².